The van der Waals surface area contributed by atoms with Crippen LogP contribution in [-0.2, 0) is 10.0 Å². The van der Waals surface area contributed by atoms with Crippen molar-refractivity contribution in [1.29, 1.82) is 0 Å². The number of sulfonamides is 1. The summed E-state index contributed by atoms with van der Waals surface area (Å²) in [5.41, 5.74) is 0.852. The maximum Gasteiger partial charge on any atom is 0.387 e. The van der Waals surface area contributed by atoms with Crippen LogP contribution in [0.25, 0.3) is 0 Å². The molecular weight excluding hydrogens is 396 g/mol. The summed E-state index contributed by atoms with van der Waals surface area (Å²) in [5.74, 6) is -0.128. The Kier molecular flexibility index (Phi) is 6.75. The van der Waals surface area contributed by atoms with E-state index < -0.39 is 28.7 Å². The van der Waals surface area contributed by atoms with Crippen molar-refractivity contribution in [2.75, 3.05) is 12.4 Å². The Hall–Kier alpha value is -2.92. The van der Waals surface area contributed by atoms with E-state index in [0.29, 0.717) is 5.56 Å². The lowest BCUT2D eigenvalue weighted by atomic mass is 10.1. The van der Waals surface area contributed by atoms with Gasteiger partial charge < -0.3 is 20.1 Å². The number of carbonyl (C=O) groups is 1. The number of primary sulfonamides is 1. The van der Waals surface area contributed by atoms with Crippen LogP contribution in [0, 0.1) is 0 Å². The average molecular weight is 415 g/mol. The van der Waals surface area contributed by atoms with Gasteiger partial charge in [0.25, 0.3) is 0 Å². The normalized spacial score (nSPS) is 12.4. The number of hydrogen-bond donors (Lipinski definition) is 3. The molecule has 0 aliphatic heterocycles. The van der Waals surface area contributed by atoms with Gasteiger partial charge in [-0.25, -0.2) is 18.4 Å². The van der Waals surface area contributed by atoms with Gasteiger partial charge in [0.05, 0.1) is 18.0 Å². The molecule has 2 amide bonds. The smallest absolute Gasteiger partial charge is 0.387 e. The molecule has 0 saturated carbocycles. The molecule has 2 aromatic rings. The molecule has 2 aromatic carbocycles. The van der Waals surface area contributed by atoms with Gasteiger partial charge in [0.15, 0.2) is 11.5 Å². The number of urea groups is 1. The van der Waals surface area contributed by atoms with Crippen molar-refractivity contribution in [2.24, 2.45) is 5.14 Å². The summed E-state index contributed by atoms with van der Waals surface area (Å²) in [5, 5.41) is 10.2. The van der Waals surface area contributed by atoms with Crippen molar-refractivity contribution in [2.45, 2.75) is 24.5 Å². The predicted molar refractivity (Wildman–Crippen MR) is 98.0 cm³/mol. The second kappa shape index (κ2) is 8.85. The third-order valence-electron chi connectivity index (χ3n) is 3.69. The molecule has 0 heterocycles. The first-order valence-corrected chi connectivity index (χ1v) is 9.48. The molecule has 0 aliphatic carbocycles. The van der Waals surface area contributed by atoms with E-state index in [2.05, 4.69) is 15.4 Å². The van der Waals surface area contributed by atoms with E-state index in [1.165, 1.54) is 49.6 Å². The molecule has 28 heavy (non-hydrogen) atoms. The topological polar surface area (TPSA) is 120 Å². The van der Waals surface area contributed by atoms with Crippen LogP contribution < -0.4 is 25.2 Å². The SMILES string of the molecule is COc1ccc(NC(=O)NC(C)c2ccc(S(N)(=O)=O)cc2)cc1OC(F)F. The molecule has 1 atom stereocenters. The lowest BCUT2D eigenvalue weighted by molar-refractivity contribution is -0.0511. The Morgan fingerprint density at radius 2 is 1.75 bits per heavy atom. The molecule has 1 unspecified atom stereocenters. The molecule has 2 rings (SSSR count). The van der Waals surface area contributed by atoms with Crippen LogP contribution in [0.2, 0.25) is 0 Å². The number of rotatable bonds is 7. The Labute approximate surface area is 160 Å². The molecule has 0 aromatic heterocycles. The highest BCUT2D eigenvalue weighted by atomic mass is 32.2. The van der Waals surface area contributed by atoms with Gasteiger partial charge in [0, 0.05) is 11.8 Å². The summed E-state index contributed by atoms with van der Waals surface area (Å²) < 4.78 is 56.8. The summed E-state index contributed by atoms with van der Waals surface area (Å²) in [6, 6.07) is 8.68. The lowest BCUT2D eigenvalue weighted by Crippen LogP contribution is -2.31. The van der Waals surface area contributed by atoms with Crippen molar-refractivity contribution >= 4 is 21.7 Å². The average Bonchev–Trinajstić information content (AvgIpc) is 2.60. The lowest BCUT2D eigenvalue weighted by Gasteiger charge is -2.16. The fraction of sp³-hybridized carbons (Fsp3) is 0.235. The van der Waals surface area contributed by atoms with Crippen molar-refractivity contribution in [3.05, 3.63) is 48.0 Å². The standard InChI is InChI=1S/C17H19F2N3O5S/c1-10(11-3-6-13(7-4-11)28(20,24)25)21-17(23)22-12-5-8-14(26-2)15(9-12)27-16(18)19/h3-10,16H,1-2H3,(H2,20,24,25)(H2,21,22,23). The Morgan fingerprint density at radius 1 is 1.11 bits per heavy atom. The van der Waals surface area contributed by atoms with Gasteiger partial charge in [-0.15, -0.1) is 0 Å². The summed E-state index contributed by atoms with van der Waals surface area (Å²) in [6.45, 7) is -1.36. The van der Waals surface area contributed by atoms with Crippen molar-refractivity contribution in [3.8, 4) is 11.5 Å². The van der Waals surface area contributed by atoms with Crippen LogP contribution in [0.15, 0.2) is 47.4 Å². The summed E-state index contributed by atoms with van der Waals surface area (Å²) in [7, 11) is -2.50. The molecule has 0 bridgehead atoms. The third kappa shape index (κ3) is 5.79. The number of methoxy groups -OCH3 is 1. The number of ether oxygens (including phenoxy) is 2. The van der Waals surface area contributed by atoms with Gasteiger partial charge in [-0.2, -0.15) is 8.78 Å². The number of halogens is 2. The van der Waals surface area contributed by atoms with Crippen molar-refractivity contribution in [3.63, 3.8) is 0 Å². The number of anilines is 1. The minimum atomic E-state index is -3.80. The number of hydrogen-bond acceptors (Lipinski definition) is 5. The second-order valence-electron chi connectivity index (χ2n) is 5.68. The third-order valence-corrected chi connectivity index (χ3v) is 4.62. The maximum absolute atomic E-state index is 12.5. The zero-order valence-electron chi connectivity index (χ0n) is 15.0. The first kappa shape index (κ1) is 21.4. The van der Waals surface area contributed by atoms with Crippen LogP contribution in [0.5, 0.6) is 11.5 Å². The van der Waals surface area contributed by atoms with Gasteiger partial charge >= 0.3 is 12.6 Å². The fourth-order valence-corrected chi connectivity index (χ4v) is 2.85. The molecule has 8 nitrogen and oxygen atoms in total. The maximum atomic E-state index is 12.5. The monoisotopic (exact) mass is 415 g/mol. The molecule has 0 saturated heterocycles. The van der Waals surface area contributed by atoms with E-state index in [1.807, 2.05) is 0 Å². The van der Waals surface area contributed by atoms with Crippen molar-refractivity contribution < 1.29 is 31.5 Å². The number of alkyl halides is 2. The van der Waals surface area contributed by atoms with Crippen LogP contribution >= 0.6 is 0 Å². The highest BCUT2D eigenvalue weighted by Gasteiger charge is 2.15. The fourth-order valence-electron chi connectivity index (χ4n) is 2.34. The van der Waals surface area contributed by atoms with Gasteiger partial charge in [0.2, 0.25) is 10.0 Å². The minimum Gasteiger partial charge on any atom is -0.493 e. The Morgan fingerprint density at radius 3 is 2.29 bits per heavy atom. The number of nitrogens with two attached hydrogens (primary N) is 1. The molecule has 11 heteroatoms. The van der Waals surface area contributed by atoms with E-state index in [1.54, 1.807) is 6.92 Å². The van der Waals surface area contributed by atoms with E-state index in [0.717, 1.165) is 0 Å². The number of nitrogens with one attached hydrogen (secondary N) is 2. The molecule has 4 N–H and O–H groups in total. The van der Waals surface area contributed by atoms with E-state index in [-0.39, 0.29) is 22.1 Å². The van der Waals surface area contributed by atoms with Gasteiger partial charge in [-0.3, -0.25) is 0 Å². The molecule has 152 valence electrons. The number of amides is 2. The van der Waals surface area contributed by atoms with Crippen molar-refractivity contribution in [1.82, 2.24) is 5.32 Å². The summed E-state index contributed by atoms with van der Waals surface area (Å²) in [4.78, 5) is 12.1. The van der Waals surface area contributed by atoms with Gasteiger partial charge in [-0.1, -0.05) is 12.1 Å². The predicted octanol–water partition coefficient (Wildman–Crippen LogP) is 2.83. The molecule has 0 aliphatic rings. The van der Waals surface area contributed by atoms with Crippen LogP contribution in [0.3, 0.4) is 0 Å². The number of benzene rings is 2. The highest BCUT2D eigenvalue weighted by molar-refractivity contribution is 7.89. The number of carbonyl (C=O) groups excluding carboxylic acids is 1. The van der Waals surface area contributed by atoms with Gasteiger partial charge in [0.1, 0.15) is 0 Å². The van der Waals surface area contributed by atoms with Crippen LogP contribution in [-0.4, -0.2) is 28.2 Å². The minimum absolute atomic E-state index is 0.0438. The molecule has 0 spiro atoms. The Bertz CT molecular complexity index is 936. The summed E-state index contributed by atoms with van der Waals surface area (Å²) in [6.07, 6.45) is 0. The first-order valence-electron chi connectivity index (χ1n) is 7.93. The van der Waals surface area contributed by atoms with Gasteiger partial charge in [-0.05, 0) is 36.8 Å². The second-order valence-corrected chi connectivity index (χ2v) is 7.24. The zero-order chi connectivity index (χ0) is 20.9. The zero-order valence-corrected chi connectivity index (χ0v) is 15.8. The largest absolute Gasteiger partial charge is 0.493 e. The summed E-state index contributed by atoms with van der Waals surface area (Å²) >= 11 is 0. The van der Waals surface area contributed by atoms with E-state index in [9.17, 15) is 22.0 Å². The Balaban J connectivity index is 2.05. The van der Waals surface area contributed by atoms with E-state index in [4.69, 9.17) is 9.88 Å². The first-order chi connectivity index (χ1) is 13.1. The van der Waals surface area contributed by atoms with Crippen LogP contribution in [0.1, 0.15) is 18.5 Å². The molecule has 0 radical (unpaired) electrons. The molecular formula is C17H19F2N3O5S. The van der Waals surface area contributed by atoms with Crippen LogP contribution in [0.4, 0.5) is 19.3 Å². The quantitative estimate of drug-likeness (QED) is 0.642. The highest BCUT2D eigenvalue weighted by Crippen LogP contribution is 2.31. The van der Waals surface area contributed by atoms with E-state index >= 15 is 0 Å². The molecule has 0 fully saturated rings.